The molecule has 0 aromatic carbocycles. The van der Waals surface area contributed by atoms with Gasteiger partial charge in [-0.15, -0.1) is 0 Å². The van der Waals surface area contributed by atoms with Gasteiger partial charge >= 0.3 is 0 Å². The van der Waals surface area contributed by atoms with Gasteiger partial charge in [0.25, 0.3) is 0 Å². The molecule has 1 aliphatic heterocycles. The van der Waals surface area contributed by atoms with Crippen LogP contribution in [0.3, 0.4) is 0 Å². The third kappa shape index (κ3) is 3.14. The molecule has 0 saturated heterocycles. The third-order valence-electron chi connectivity index (χ3n) is 5.68. The van der Waals surface area contributed by atoms with Crippen molar-refractivity contribution in [3.63, 3.8) is 0 Å². The van der Waals surface area contributed by atoms with Gasteiger partial charge in [-0.3, -0.25) is 9.59 Å². The maximum atomic E-state index is 13.1. The van der Waals surface area contributed by atoms with Crippen molar-refractivity contribution in [2.75, 3.05) is 0 Å². The van der Waals surface area contributed by atoms with E-state index in [0.29, 0.717) is 59.1 Å². The largest absolute Gasteiger partial charge is 0.465 e. The van der Waals surface area contributed by atoms with E-state index in [4.69, 9.17) is 16.3 Å². The van der Waals surface area contributed by atoms with Crippen LogP contribution in [0.15, 0.2) is 41.0 Å². The maximum Gasteiger partial charge on any atom is 0.163 e. The Morgan fingerprint density at radius 1 is 0.963 bits per heavy atom. The maximum absolute atomic E-state index is 13.1. The molecule has 0 N–H and O–H groups in total. The van der Waals surface area contributed by atoms with Gasteiger partial charge in [0, 0.05) is 48.6 Å². The van der Waals surface area contributed by atoms with Crippen molar-refractivity contribution >= 4 is 23.2 Å². The van der Waals surface area contributed by atoms with Crippen molar-refractivity contribution in [1.82, 2.24) is 4.98 Å². The van der Waals surface area contributed by atoms with E-state index >= 15 is 0 Å². The second-order valence-electron chi connectivity index (χ2n) is 9.47. The summed E-state index contributed by atoms with van der Waals surface area (Å²) in [6.45, 7) is 8.29. The zero-order valence-electron chi connectivity index (χ0n) is 16.2. The first-order chi connectivity index (χ1) is 12.6. The number of hydrogen-bond donors (Lipinski definition) is 0. The molecule has 27 heavy (non-hydrogen) atoms. The average molecular weight is 386 g/mol. The van der Waals surface area contributed by atoms with E-state index in [1.807, 2.05) is 6.07 Å². The summed E-state index contributed by atoms with van der Waals surface area (Å²) in [5.74, 6) is 0.999. The van der Waals surface area contributed by atoms with E-state index in [1.54, 1.807) is 12.3 Å². The van der Waals surface area contributed by atoms with Gasteiger partial charge in [0.05, 0.1) is 5.92 Å². The van der Waals surface area contributed by atoms with E-state index in [1.165, 1.54) is 0 Å². The van der Waals surface area contributed by atoms with Gasteiger partial charge in [0.2, 0.25) is 0 Å². The summed E-state index contributed by atoms with van der Waals surface area (Å²) in [5.41, 5.74) is 1.58. The molecule has 0 unspecified atom stereocenters. The lowest BCUT2D eigenvalue weighted by atomic mass is 9.66. The molecule has 3 aliphatic rings. The number of ketones is 2. The predicted molar refractivity (Wildman–Crippen MR) is 103 cm³/mol. The Labute approximate surface area is 164 Å². The molecule has 0 spiro atoms. The minimum atomic E-state index is -0.475. The Kier molecular flexibility index (Phi) is 4.12. The van der Waals surface area contributed by atoms with Gasteiger partial charge in [-0.1, -0.05) is 45.4 Å². The van der Waals surface area contributed by atoms with Crippen molar-refractivity contribution < 1.29 is 14.3 Å². The number of nitrogens with zero attached hydrogens (tertiary/aromatic N) is 1. The van der Waals surface area contributed by atoms with Crippen LogP contribution in [0.1, 0.15) is 64.9 Å². The van der Waals surface area contributed by atoms with Gasteiger partial charge < -0.3 is 4.74 Å². The number of Topliss-reactive ketones (excluding diaryl/α,β-unsaturated/α-hetero) is 2. The number of carbonyl (C=O) groups is 2. The Morgan fingerprint density at radius 3 is 1.96 bits per heavy atom. The number of allylic oxidation sites excluding steroid dienone is 4. The van der Waals surface area contributed by atoms with Gasteiger partial charge in [0.15, 0.2) is 11.6 Å². The molecule has 0 amide bonds. The number of carbonyl (C=O) groups excluding carboxylic acids is 2. The predicted octanol–water partition coefficient (Wildman–Crippen LogP) is 5.14. The normalized spacial score (nSPS) is 24.5. The molecule has 5 heteroatoms. The van der Waals surface area contributed by atoms with Crippen molar-refractivity contribution in [3.8, 4) is 0 Å². The molecule has 0 fully saturated rings. The van der Waals surface area contributed by atoms with Crippen LogP contribution in [0, 0.1) is 10.8 Å². The fourth-order valence-electron chi connectivity index (χ4n) is 4.60. The summed E-state index contributed by atoms with van der Waals surface area (Å²) in [7, 11) is 0. The van der Waals surface area contributed by atoms with E-state index < -0.39 is 5.92 Å². The molecule has 0 atom stereocenters. The minimum absolute atomic E-state index is 0.0374. The van der Waals surface area contributed by atoms with Crippen LogP contribution in [0.25, 0.3) is 0 Å². The number of rotatable bonds is 1. The highest BCUT2D eigenvalue weighted by Crippen LogP contribution is 2.53. The second kappa shape index (κ2) is 6.03. The van der Waals surface area contributed by atoms with Crippen molar-refractivity contribution in [1.29, 1.82) is 0 Å². The van der Waals surface area contributed by atoms with E-state index in [9.17, 15) is 9.59 Å². The second-order valence-corrected chi connectivity index (χ2v) is 9.83. The summed E-state index contributed by atoms with van der Waals surface area (Å²) in [5, 5.41) is 0.332. The number of aromatic nitrogens is 1. The summed E-state index contributed by atoms with van der Waals surface area (Å²) >= 11 is 6.41. The fraction of sp³-hybridized carbons (Fsp3) is 0.500. The van der Waals surface area contributed by atoms with Gasteiger partial charge in [-0.2, -0.15) is 0 Å². The lowest BCUT2D eigenvalue weighted by Crippen LogP contribution is -2.37. The summed E-state index contributed by atoms with van der Waals surface area (Å²) in [4.78, 5) is 30.4. The van der Waals surface area contributed by atoms with Crippen LogP contribution in [-0.2, 0) is 14.3 Å². The molecule has 1 aromatic heterocycles. The highest BCUT2D eigenvalue weighted by molar-refractivity contribution is 6.30. The summed E-state index contributed by atoms with van der Waals surface area (Å²) in [6, 6.07) is 3.66. The summed E-state index contributed by atoms with van der Waals surface area (Å²) in [6.07, 6.45) is 3.84. The van der Waals surface area contributed by atoms with E-state index in [2.05, 4.69) is 32.7 Å². The lowest BCUT2D eigenvalue weighted by Gasteiger charge is -2.42. The number of pyridine rings is 1. The number of ether oxygens (including phenoxy) is 1. The Hall–Kier alpha value is -1.94. The first-order valence-electron chi connectivity index (χ1n) is 9.39. The van der Waals surface area contributed by atoms with Crippen molar-refractivity contribution in [2.45, 2.75) is 59.3 Å². The molecule has 1 aromatic rings. The molecule has 0 saturated carbocycles. The molecule has 2 aliphatic carbocycles. The van der Waals surface area contributed by atoms with Gasteiger partial charge in [0.1, 0.15) is 16.7 Å². The molecule has 4 nitrogen and oxygen atoms in total. The zero-order chi connectivity index (χ0) is 19.6. The molecule has 0 bridgehead atoms. The van der Waals surface area contributed by atoms with Gasteiger partial charge in [-0.05, 0) is 16.9 Å². The van der Waals surface area contributed by atoms with Crippen LogP contribution < -0.4 is 0 Å². The third-order valence-corrected chi connectivity index (χ3v) is 6.00. The first-order valence-corrected chi connectivity index (χ1v) is 9.77. The first kappa shape index (κ1) is 18.4. The highest BCUT2D eigenvalue weighted by Gasteiger charge is 2.48. The quantitative estimate of drug-likeness (QED) is 0.628. The van der Waals surface area contributed by atoms with Crippen LogP contribution >= 0.6 is 11.6 Å². The van der Waals surface area contributed by atoms with Crippen molar-refractivity contribution in [2.24, 2.45) is 10.8 Å². The van der Waals surface area contributed by atoms with E-state index in [-0.39, 0.29) is 22.4 Å². The Morgan fingerprint density at radius 2 is 1.48 bits per heavy atom. The van der Waals surface area contributed by atoms with Crippen LogP contribution in [0.2, 0.25) is 5.15 Å². The van der Waals surface area contributed by atoms with Crippen LogP contribution in [0.4, 0.5) is 0 Å². The van der Waals surface area contributed by atoms with Gasteiger partial charge in [-0.25, -0.2) is 4.98 Å². The zero-order valence-corrected chi connectivity index (χ0v) is 16.9. The van der Waals surface area contributed by atoms with Crippen LogP contribution in [-0.4, -0.2) is 16.6 Å². The Balaban J connectivity index is 1.94. The summed E-state index contributed by atoms with van der Waals surface area (Å²) < 4.78 is 6.25. The molecule has 2 heterocycles. The smallest absolute Gasteiger partial charge is 0.163 e. The van der Waals surface area contributed by atoms with Crippen molar-refractivity contribution in [3.05, 3.63) is 51.7 Å². The number of hydrogen-bond acceptors (Lipinski definition) is 4. The standard InChI is InChI=1S/C22H24ClNO3/c1-21(2)8-13(25)18-15(10-21)27-16-11-22(3,4)9-14(26)19(16)17(18)12-6-5-7-24-20(12)23/h5-7,17H,8-11H2,1-4H3. The average Bonchev–Trinajstić information content (AvgIpc) is 2.51. The molecular weight excluding hydrogens is 362 g/mol. The minimum Gasteiger partial charge on any atom is -0.465 e. The topological polar surface area (TPSA) is 56.3 Å². The SMILES string of the molecule is CC1(C)CC(=O)C2=C(C1)OC1=C(C(=O)CC(C)(C)C1)C2c1cccnc1Cl. The molecular formula is C22H24ClNO3. The van der Waals surface area contributed by atoms with Crippen LogP contribution in [0.5, 0.6) is 0 Å². The fourth-order valence-corrected chi connectivity index (χ4v) is 4.83. The monoisotopic (exact) mass is 385 g/mol. The molecule has 0 radical (unpaired) electrons. The lowest BCUT2D eigenvalue weighted by molar-refractivity contribution is -0.120. The highest BCUT2D eigenvalue weighted by atomic mass is 35.5. The van der Waals surface area contributed by atoms with E-state index in [0.717, 1.165) is 0 Å². The molecule has 142 valence electrons. The number of halogens is 1. The Bertz CT molecular complexity index is 871. The molecule has 4 rings (SSSR count).